The van der Waals surface area contributed by atoms with Crippen molar-refractivity contribution in [2.75, 3.05) is 32.1 Å². The van der Waals surface area contributed by atoms with Crippen molar-refractivity contribution in [2.24, 2.45) is 0 Å². The Bertz CT molecular complexity index is 456. The van der Waals surface area contributed by atoms with E-state index in [1.165, 1.54) is 36.2 Å². The standard InChI is InChI=1S/C18H31N3/c1-14(2)19-12-16-8-9-18(15(3)11-16)21(5)13-17-7-6-10-20(17)4/h8-9,11,14,17,19H,6-7,10,12-13H2,1-5H3. The van der Waals surface area contributed by atoms with Gasteiger partial charge in [0, 0.05) is 37.9 Å². The summed E-state index contributed by atoms with van der Waals surface area (Å²) in [6.07, 6.45) is 2.67. The second-order valence-electron chi connectivity index (χ2n) is 6.81. The number of hydrogen-bond acceptors (Lipinski definition) is 3. The normalized spacial score (nSPS) is 19.4. The number of likely N-dealkylation sites (tertiary alicyclic amines) is 1. The Hall–Kier alpha value is -1.06. The summed E-state index contributed by atoms with van der Waals surface area (Å²) in [4.78, 5) is 4.91. The molecular formula is C18H31N3. The average molecular weight is 289 g/mol. The lowest BCUT2D eigenvalue weighted by Gasteiger charge is -2.28. The van der Waals surface area contributed by atoms with E-state index in [9.17, 15) is 0 Å². The Morgan fingerprint density at radius 1 is 1.38 bits per heavy atom. The van der Waals surface area contributed by atoms with Crippen molar-refractivity contribution < 1.29 is 0 Å². The Labute approximate surface area is 130 Å². The topological polar surface area (TPSA) is 18.5 Å². The van der Waals surface area contributed by atoms with E-state index >= 15 is 0 Å². The second-order valence-corrected chi connectivity index (χ2v) is 6.81. The third-order valence-electron chi connectivity index (χ3n) is 4.54. The minimum Gasteiger partial charge on any atom is -0.373 e. The molecule has 0 bridgehead atoms. The minimum absolute atomic E-state index is 0.533. The number of benzene rings is 1. The first-order valence-electron chi connectivity index (χ1n) is 8.21. The predicted molar refractivity (Wildman–Crippen MR) is 92.1 cm³/mol. The number of aryl methyl sites for hydroxylation is 1. The highest BCUT2D eigenvalue weighted by Gasteiger charge is 2.22. The van der Waals surface area contributed by atoms with Gasteiger partial charge in [0.25, 0.3) is 0 Å². The zero-order chi connectivity index (χ0) is 15.4. The van der Waals surface area contributed by atoms with Crippen LogP contribution in [0.5, 0.6) is 0 Å². The fourth-order valence-corrected chi connectivity index (χ4v) is 3.20. The van der Waals surface area contributed by atoms with Gasteiger partial charge in [0.05, 0.1) is 0 Å². The summed E-state index contributed by atoms with van der Waals surface area (Å²) in [7, 11) is 4.47. The SMILES string of the molecule is Cc1cc(CNC(C)C)ccc1N(C)CC1CCCN1C. The Morgan fingerprint density at radius 2 is 2.14 bits per heavy atom. The number of anilines is 1. The van der Waals surface area contributed by atoms with Gasteiger partial charge in [-0.05, 0) is 50.6 Å². The molecule has 0 spiro atoms. The van der Waals surface area contributed by atoms with Crippen LogP contribution in [0, 0.1) is 6.92 Å². The molecule has 1 N–H and O–H groups in total. The molecule has 0 radical (unpaired) electrons. The molecule has 1 saturated heterocycles. The molecule has 1 aromatic rings. The van der Waals surface area contributed by atoms with Gasteiger partial charge in [-0.2, -0.15) is 0 Å². The zero-order valence-corrected chi connectivity index (χ0v) is 14.3. The molecule has 1 heterocycles. The fraction of sp³-hybridized carbons (Fsp3) is 0.667. The summed E-state index contributed by atoms with van der Waals surface area (Å²) >= 11 is 0. The molecule has 0 aromatic heterocycles. The molecule has 118 valence electrons. The van der Waals surface area contributed by atoms with Crippen molar-refractivity contribution in [3.8, 4) is 0 Å². The lowest BCUT2D eigenvalue weighted by Crippen LogP contribution is -2.36. The van der Waals surface area contributed by atoms with Crippen LogP contribution in [-0.4, -0.2) is 44.2 Å². The van der Waals surface area contributed by atoms with E-state index < -0.39 is 0 Å². The molecule has 1 aromatic carbocycles. The monoisotopic (exact) mass is 289 g/mol. The summed E-state index contributed by atoms with van der Waals surface area (Å²) < 4.78 is 0. The first-order chi connectivity index (χ1) is 9.97. The zero-order valence-electron chi connectivity index (χ0n) is 14.3. The van der Waals surface area contributed by atoms with E-state index in [1.807, 2.05) is 0 Å². The van der Waals surface area contributed by atoms with Crippen LogP contribution in [-0.2, 0) is 6.54 Å². The number of nitrogens with one attached hydrogen (secondary N) is 1. The van der Waals surface area contributed by atoms with Crippen LogP contribution in [0.3, 0.4) is 0 Å². The molecule has 1 unspecified atom stereocenters. The lowest BCUT2D eigenvalue weighted by molar-refractivity contribution is 0.314. The molecule has 2 rings (SSSR count). The van der Waals surface area contributed by atoms with Crippen molar-refractivity contribution in [2.45, 2.75) is 52.2 Å². The summed E-state index contributed by atoms with van der Waals surface area (Å²) in [6.45, 7) is 9.93. The van der Waals surface area contributed by atoms with Crippen LogP contribution in [0.15, 0.2) is 18.2 Å². The van der Waals surface area contributed by atoms with Crippen LogP contribution in [0.4, 0.5) is 5.69 Å². The fourth-order valence-electron chi connectivity index (χ4n) is 3.20. The number of hydrogen-bond donors (Lipinski definition) is 1. The van der Waals surface area contributed by atoms with Gasteiger partial charge >= 0.3 is 0 Å². The van der Waals surface area contributed by atoms with Gasteiger partial charge in [0.1, 0.15) is 0 Å². The second kappa shape index (κ2) is 7.28. The lowest BCUT2D eigenvalue weighted by atomic mass is 10.1. The van der Waals surface area contributed by atoms with Gasteiger partial charge in [0.2, 0.25) is 0 Å². The highest BCUT2D eigenvalue weighted by molar-refractivity contribution is 5.54. The van der Waals surface area contributed by atoms with Crippen LogP contribution in [0.25, 0.3) is 0 Å². The van der Waals surface area contributed by atoms with Crippen molar-refractivity contribution in [3.63, 3.8) is 0 Å². The molecule has 0 saturated carbocycles. The Kier molecular flexibility index (Phi) is 5.65. The molecule has 21 heavy (non-hydrogen) atoms. The number of rotatable bonds is 6. The first kappa shape index (κ1) is 16.3. The predicted octanol–water partition coefficient (Wildman–Crippen LogP) is 3.02. The Morgan fingerprint density at radius 3 is 2.71 bits per heavy atom. The molecule has 3 heteroatoms. The maximum absolute atomic E-state index is 3.48. The largest absolute Gasteiger partial charge is 0.373 e. The van der Waals surface area contributed by atoms with E-state index in [2.05, 4.69) is 68.2 Å². The highest BCUT2D eigenvalue weighted by atomic mass is 15.2. The molecule has 1 atom stereocenters. The summed E-state index contributed by atoms with van der Waals surface area (Å²) in [6, 6.07) is 8.09. The van der Waals surface area contributed by atoms with Crippen LogP contribution >= 0.6 is 0 Å². The van der Waals surface area contributed by atoms with E-state index in [0.29, 0.717) is 12.1 Å². The van der Waals surface area contributed by atoms with E-state index in [0.717, 1.165) is 13.1 Å². The van der Waals surface area contributed by atoms with Gasteiger partial charge in [-0.15, -0.1) is 0 Å². The highest BCUT2D eigenvalue weighted by Crippen LogP contribution is 2.23. The summed E-state index contributed by atoms with van der Waals surface area (Å²) in [5.41, 5.74) is 4.11. The third-order valence-corrected chi connectivity index (χ3v) is 4.54. The van der Waals surface area contributed by atoms with E-state index in [1.54, 1.807) is 0 Å². The molecule has 0 amide bonds. The molecular weight excluding hydrogens is 258 g/mol. The van der Waals surface area contributed by atoms with Crippen molar-refractivity contribution >= 4 is 5.69 Å². The van der Waals surface area contributed by atoms with E-state index in [-0.39, 0.29) is 0 Å². The van der Waals surface area contributed by atoms with Crippen LogP contribution < -0.4 is 10.2 Å². The van der Waals surface area contributed by atoms with Crippen molar-refractivity contribution in [3.05, 3.63) is 29.3 Å². The molecule has 1 fully saturated rings. The third kappa shape index (κ3) is 4.45. The van der Waals surface area contributed by atoms with Gasteiger partial charge in [-0.3, -0.25) is 0 Å². The minimum atomic E-state index is 0.533. The van der Waals surface area contributed by atoms with Crippen LogP contribution in [0.2, 0.25) is 0 Å². The average Bonchev–Trinajstić information content (AvgIpc) is 2.82. The summed E-state index contributed by atoms with van der Waals surface area (Å²) in [5, 5.41) is 3.48. The molecule has 0 aliphatic carbocycles. The van der Waals surface area contributed by atoms with Gasteiger partial charge in [0.15, 0.2) is 0 Å². The van der Waals surface area contributed by atoms with E-state index in [4.69, 9.17) is 0 Å². The molecule has 3 nitrogen and oxygen atoms in total. The molecule has 1 aliphatic heterocycles. The smallest absolute Gasteiger partial charge is 0.0394 e. The first-order valence-corrected chi connectivity index (χ1v) is 8.21. The number of nitrogens with zero attached hydrogens (tertiary/aromatic N) is 2. The van der Waals surface area contributed by atoms with Gasteiger partial charge < -0.3 is 15.1 Å². The van der Waals surface area contributed by atoms with Gasteiger partial charge in [-0.25, -0.2) is 0 Å². The number of likely N-dealkylation sites (N-methyl/N-ethyl adjacent to an activating group) is 2. The van der Waals surface area contributed by atoms with Crippen molar-refractivity contribution in [1.82, 2.24) is 10.2 Å². The summed E-state index contributed by atoms with van der Waals surface area (Å²) in [5.74, 6) is 0. The van der Waals surface area contributed by atoms with Gasteiger partial charge in [-0.1, -0.05) is 26.0 Å². The quantitative estimate of drug-likeness (QED) is 0.868. The maximum atomic E-state index is 3.48. The Balaban J connectivity index is 1.99. The maximum Gasteiger partial charge on any atom is 0.0394 e. The van der Waals surface area contributed by atoms with Crippen molar-refractivity contribution in [1.29, 1.82) is 0 Å². The van der Waals surface area contributed by atoms with Crippen LogP contribution in [0.1, 0.15) is 37.8 Å². The molecule has 1 aliphatic rings.